The summed E-state index contributed by atoms with van der Waals surface area (Å²) in [6, 6.07) is 0. The third-order valence-electron chi connectivity index (χ3n) is 2.60. The SMILES string of the molecule is CC#CCCNc1nc(Cl)nc(N2CCOCC2)n1. The first-order valence-corrected chi connectivity index (χ1v) is 6.55. The summed E-state index contributed by atoms with van der Waals surface area (Å²) in [5.41, 5.74) is 0. The molecule has 1 aliphatic heterocycles. The van der Waals surface area contributed by atoms with Gasteiger partial charge < -0.3 is 15.0 Å². The number of halogens is 1. The van der Waals surface area contributed by atoms with Gasteiger partial charge in [-0.2, -0.15) is 15.0 Å². The Morgan fingerprint density at radius 3 is 2.84 bits per heavy atom. The maximum Gasteiger partial charge on any atom is 0.231 e. The predicted molar refractivity (Wildman–Crippen MR) is 74.4 cm³/mol. The highest BCUT2D eigenvalue weighted by Gasteiger charge is 2.15. The molecule has 7 heteroatoms. The van der Waals surface area contributed by atoms with Crippen molar-refractivity contribution in [2.45, 2.75) is 13.3 Å². The van der Waals surface area contributed by atoms with Gasteiger partial charge in [-0.1, -0.05) is 0 Å². The van der Waals surface area contributed by atoms with Crippen molar-refractivity contribution in [3.8, 4) is 11.8 Å². The summed E-state index contributed by atoms with van der Waals surface area (Å²) >= 11 is 5.92. The summed E-state index contributed by atoms with van der Waals surface area (Å²) in [6.45, 7) is 5.39. The molecular weight excluding hydrogens is 266 g/mol. The zero-order valence-corrected chi connectivity index (χ0v) is 11.6. The summed E-state index contributed by atoms with van der Waals surface area (Å²) in [6.07, 6.45) is 0.743. The molecule has 1 aromatic heterocycles. The molecule has 1 aromatic rings. The van der Waals surface area contributed by atoms with E-state index in [0.29, 0.717) is 31.7 Å². The quantitative estimate of drug-likeness (QED) is 0.661. The molecule has 0 unspecified atom stereocenters. The second-order valence-electron chi connectivity index (χ2n) is 3.93. The summed E-state index contributed by atoms with van der Waals surface area (Å²) < 4.78 is 5.30. The molecule has 1 aliphatic rings. The number of nitrogens with one attached hydrogen (secondary N) is 1. The number of anilines is 2. The fourth-order valence-corrected chi connectivity index (χ4v) is 1.84. The molecule has 102 valence electrons. The largest absolute Gasteiger partial charge is 0.378 e. The lowest BCUT2D eigenvalue weighted by Crippen LogP contribution is -2.37. The molecular formula is C12H16ClN5O. The Labute approximate surface area is 117 Å². The van der Waals surface area contributed by atoms with Gasteiger partial charge in [0, 0.05) is 26.1 Å². The van der Waals surface area contributed by atoms with Gasteiger partial charge in [-0.25, -0.2) is 0 Å². The van der Waals surface area contributed by atoms with Crippen LogP contribution in [0, 0.1) is 11.8 Å². The van der Waals surface area contributed by atoms with E-state index in [9.17, 15) is 0 Å². The average Bonchev–Trinajstić information content (AvgIpc) is 2.44. The van der Waals surface area contributed by atoms with Gasteiger partial charge >= 0.3 is 0 Å². The topological polar surface area (TPSA) is 63.2 Å². The minimum Gasteiger partial charge on any atom is -0.378 e. The van der Waals surface area contributed by atoms with Crippen molar-refractivity contribution in [1.29, 1.82) is 0 Å². The number of ether oxygens (including phenoxy) is 1. The van der Waals surface area contributed by atoms with Gasteiger partial charge in [0.1, 0.15) is 0 Å². The lowest BCUT2D eigenvalue weighted by atomic mass is 10.4. The van der Waals surface area contributed by atoms with Crippen molar-refractivity contribution in [2.24, 2.45) is 0 Å². The Hall–Kier alpha value is -1.58. The van der Waals surface area contributed by atoms with Crippen molar-refractivity contribution >= 4 is 23.5 Å². The van der Waals surface area contributed by atoms with E-state index in [1.807, 2.05) is 11.8 Å². The maximum absolute atomic E-state index is 5.92. The van der Waals surface area contributed by atoms with Crippen LogP contribution in [0.15, 0.2) is 0 Å². The molecule has 2 heterocycles. The van der Waals surface area contributed by atoms with Crippen molar-refractivity contribution in [1.82, 2.24) is 15.0 Å². The molecule has 1 fully saturated rings. The normalized spacial score (nSPS) is 14.7. The van der Waals surface area contributed by atoms with Crippen molar-refractivity contribution < 1.29 is 4.74 Å². The molecule has 0 aliphatic carbocycles. The standard InChI is InChI=1S/C12H16ClN5O/c1-2-3-4-5-14-11-15-10(13)16-12(17-11)18-6-8-19-9-7-18/h4-9H2,1H3,(H,14,15,16,17). The Bertz CT molecular complexity index is 479. The first kappa shape index (κ1) is 13.8. The van der Waals surface area contributed by atoms with E-state index in [1.165, 1.54) is 0 Å². The number of hydrogen-bond acceptors (Lipinski definition) is 6. The van der Waals surface area contributed by atoms with Crippen molar-refractivity contribution in [3.63, 3.8) is 0 Å². The number of nitrogens with zero attached hydrogens (tertiary/aromatic N) is 4. The minimum absolute atomic E-state index is 0.195. The van der Waals surface area contributed by atoms with Crippen LogP contribution in [0.2, 0.25) is 5.28 Å². The van der Waals surface area contributed by atoms with Crippen LogP contribution in [0.5, 0.6) is 0 Å². The molecule has 1 N–H and O–H groups in total. The van der Waals surface area contributed by atoms with Gasteiger partial charge in [0.2, 0.25) is 17.2 Å². The second kappa shape index (κ2) is 7.12. The van der Waals surface area contributed by atoms with Gasteiger partial charge in [0.05, 0.1) is 13.2 Å². The monoisotopic (exact) mass is 281 g/mol. The molecule has 0 saturated carbocycles. The first-order chi connectivity index (χ1) is 9.29. The van der Waals surface area contributed by atoms with E-state index in [-0.39, 0.29) is 5.28 Å². The summed E-state index contributed by atoms with van der Waals surface area (Å²) in [7, 11) is 0. The molecule has 0 spiro atoms. The van der Waals surface area contributed by atoms with E-state index in [4.69, 9.17) is 16.3 Å². The predicted octanol–water partition coefficient (Wildman–Crippen LogP) is 1.19. The molecule has 0 aromatic carbocycles. The smallest absolute Gasteiger partial charge is 0.231 e. The maximum atomic E-state index is 5.92. The van der Waals surface area contributed by atoms with Gasteiger partial charge in [-0.15, -0.1) is 11.8 Å². The second-order valence-corrected chi connectivity index (χ2v) is 4.27. The zero-order chi connectivity index (χ0) is 13.5. The highest BCUT2D eigenvalue weighted by molar-refractivity contribution is 6.28. The molecule has 6 nitrogen and oxygen atoms in total. The Morgan fingerprint density at radius 1 is 1.32 bits per heavy atom. The lowest BCUT2D eigenvalue weighted by molar-refractivity contribution is 0.122. The van der Waals surface area contributed by atoms with Crippen LogP contribution in [-0.2, 0) is 4.74 Å². The van der Waals surface area contributed by atoms with Crippen LogP contribution < -0.4 is 10.2 Å². The molecule has 0 atom stereocenters. The average molecular weight is 282 g/mol. The van der Waals surface area contributed by atoms with E-state index >= 15 is 0 Å². The zero-order valence-electron chi connectivity index (χ0n) is 10.8. The fraction of sp³-hybridized carbons (Fsp3) is 0.583. The number of aromatic nitrogens is 3. The van der Waals surface area contributed by atoms with Crippen LogP contribution in [0.1, 0.15) is 13.3 Å². The minimum atomic E-state index is 0.195. The molecule has 1 saturated heterocycles. The summed E-state index contributed by atoms with van der Waals surface area (Å²) in [5.74, 6) is 6.88. The number of morpholine rings is 1. The molecule has 0 radical (unpaired) electrons. The fourth-order valence-electron chi connectivity index (χ4n) is 1.69. The number of rotatable bonds is 4. The van der Waals surface area contributed by atoms with Crippen LogP contribution in [0.4, 0.5) is 11.9 Å². The lowest BCUT2D eigenvalue weighted by Gasteiger charge is -2.26. The van der Waals surface area contributed by atoms with Crippen molar-refractivity contribution in [2.75, 3.05) is 43.1 Å². The van der Waals surface area contributed by atoms with E-state index in [2.05, 4.69) is 32.1 Å². The van der Waals surface area contributed by atoms with E-state index in [1.54, 1.807) is 0 Å². The molecule has 0 amide bonds. The summed E-state index contributed by atoms with van der Waals surface area (Å²) in [4.78, 5) is 14.6. The van der Waals surface area contributed by atoms with Crippen LogP contribution in [0.25, 0.3) is 0 Å². The first-order valence-electron chi connectivity index (χ1n) is 6.17. The van der Waals surface area contributed by atoms with Gasteiger partial charge in [-0.3, -0.25) is 0 Å². The van der Waals surface area contributed by atoms with Crippen LogP contribution in [0.3, 0.4) is 0 Å². The van der Waals surface area contributed by atoms with Crippen molar-refractivity contribution in [3.05, 3.63) is 5.28 Å². The van der Waals surface area contributed by atoms with Crippen LogP contribution in [-0.4, -0.2) is 47.8 Å². The van der Waals surface area contributed by atoms with Gasteiger partial charge in [-0.05, 0) is 18.5 Å². The van der Waals surface area contributed by atoms with Crippen LogP contribution >= 0.6 is 11.6 Å². The third-order valence-corrected chi connectivity index (χ3v) is 2.77. The Kier molecular flexibility index (Phi) is 5.19. The van der Waals surface area contributed by atoms with Gasteiger partial charge in [0.25, 0.3) is 0 Å². The van der Waals surface area contributed by atoms with Gasteiger partial charge in [0.15, 0.2) is 0 Å². The molecule has 19 heavy (non-hydrogen) atoms. The third kappa shape index (κ3) is 4.23. The highest BCUT2D eigenvalue weighted by atomic mass is 35.5. The highest BCUT2D eigenvalue weighted by Crippen LogP contribution is 2.14. The molecule has 2 rings (SSSR count). The Morgan fingerprint density at radius 2 is 2.11 bits per heavy atom. The van der Waals surface area contributed by atoms with E-state index in [0.717, 1.165) is 19.5 Å². The Balaban J connectivity index is 2.02. The number of hydrogen-bond donors (Lipinski definition) is 1. The molecule has 0 bridgehead atoms. The summed E-state index contributed by atoms with van der Waals surface area (Å²) in [5, 5.41) is 3.29. The van der Waals surface area contributed by atoms with E-state index < -0.39 is 0 Å².